The van der Waals surface area contributed by atoms with Gasteiger partial charge in [-0.2, -0.15) is 5.10 Å². The first-order valence-electron chi connectivity index (χ1n) is 5.70. The topological polar surface area (TPSA) is 84.2 Å². The lowest BCUT2D eigenvalue weighted by Crippen LogP contribution is -2.30. The Balaban J connectivity index is 2.62. The number of hydrogen-bond acceptors (Lipinski definition) is 3. The van der Waals surface area contributed by atoms with Gasteiger partial charge in [-0.15, -0.1) is 0 Å². The Hall–Kier alpha value is -1.82. The summed E-state index contributed by atoms with van der Waals surface area (Å²) in [7, 11) is 1.71. The highest BCUT2D eigenvalue weighted by molar-refractivity contribution is 6.31. The van der Waals surface area contributed by atoms with Crippen LogP contribution in [-0.4, -0.2) is 33.3 Å². The van der Waals surface area contributed by atoms with Crippen LogP contribution in [0.25, 0.3) is 6.08 Å². The Bertz CT molecular complexity index is 523. The Labute approximate surface area is 116 Å². The number of aliphatic carboxylic acids is 1. The molecule has 1 heterocycles. The number of carbonyl (C=O) groups excluding carboxylic acids is 1. The molecule has 0 saturated carbocycles. The molecule has 0 aliphatic heterocycles. The summed E-state index contributed by atoms with van der Waals surface area (Å²) in [5.74, 6) is -1.94. The van der Waals surface area contributed by atoms with Crippen molar-refractivity contribution < 1.29 is 14.7 Å². The number of rotatable bonds is 5. The lowest BCUT2D eigenvalue weighted by molar-refractivity contribution is -0.141. The van der Waals surface area contributed by atoms with Gasteiger partial charge in [0, 0.05) is 25.2 Å². The molecule has 7 heteroatoms. The molecule has 0 bridgehead atoms. The third kappa shape index (κ3) is 4.10. The lowest BCUT2D eigenvalue weighted by Gasteiger charge is -2.05. The van der Waals surface area contributed by atoms with E-state index in [1.165, 1.54) is 17.7 Å². The minimum absolute atomic E-state index is 0.0816. The Kier molecular flexibility index (Phi) is 5.11. The van der Waals surface area contributed by atoms with Crippen molar-refractivity contribution in [2.45, 2.75) is 13.8 Å². The standard InChI is InChI=1S/C12H16ClN3O3/c1-7(12(18)19)6-14-10(17)5-4-9-8(2)15-16(3)11(9)13/h4-5,7H,6H2,1-3H3,(H,14,17)(H,18,19)/b5-4+/t7-/m0/s1. The van der Waals surface area contributed by atoms with Crippen LogP contribution in [-0.2, 0) is 16.6 Å². The van der Waals surface area contributed by atoms with Crippen molar-refractivity contribution in [2.75, 3.05) is 6.54 Å². The van der Waals surface area contributed by atoms with E-state index in [4.69, 9.17) is 16.7 Å². The van der Waals surface area contributed by atoms with Gasteiger partial charge in [0.15, 0.2) is 0 Å². The number of carboxylic acid groups (broad SMARTS) is 1. The highest BCUT2D eigenvalue weighted by atomic mass is 35.5. The van der Waals surface area contributed by atoms with Gasteiger partial charge in [0.25, 0.3) is 0 Å². The van der Waals surface area contributed by atoms with Crippen molar-refractivity contribution in [3.8, 4) is 0 Å². The molecule has 2 N–H and O–H groups in total. The summed E-state index contributed by atoms with van der Waals surface area (Å²) in [5.41, 5.74) is 1.39. The lowest BCUT2D eigenvalue weighted by atomic mass is 10.2. The molecular weight excluding hydrogens is 270 g/mol. The number of carboxylic acids is 1. The summed E-state index contributed by atoms with van der Waals surface area (Å²) >= 11 is 6.01. The monoisotopic (exact) mass is 285 g/mol. The number of carbonyl (C=O) groups is 2. The second-order valence-corrected chi connectivity index (χ2v) is 4.59. The van der Waals surface area contributed by atoms with Gasteiger partial charge < -0.3 is 10.4 Å². The highest BCUT2D eigenvalue weighted by Gasteiger charge is 2.11. The summed E-state index contributed by atoms with van der Waals surface area (Å²) in [4.78, 5) is 22.1. The van der Waals surface area contributed by atoms with Crippen LogP contribution >= 0.6 is 11.6 Å². The van der Waals surface area contributed by atoms with Crippen molar-refractivity contribution in [2.24, 2.45) is 13.0 Å². The van der Waals surface area contributed by atoms with Crippen molar-refractivity contribution in [1.82, 2.24) is 15.1 Å². The maximum absolute atomic E-state index is 11.5. The van der Waals surface area contributed by atoms with E-state index < -0.39 is 11.9 Å². The second kappa shape index (κ2) is 6.38. The number of halogens is 1. The van der Waals surface area contributed by atoms with Crippen LogP contribution in [0.4, 0.5) is 0 Å². The molecule has 1 rings (SSSR count). The van der Waals surface area contributed by atoms with Crippen LogP contribution in [0.3, 0.4) is 0 Å². The number of nitrogens with zero attached hydrogens (tertiary/aromatic N) is 2. The molecule has 104 valence electrons. The van der Waals surface area contributed by atoms with Crippen molar-refractivity contribution in [1.29, 1.82) is 0 Å². The zero-order valence-electron chi connectivity index (χ0n) is 11.0. The molecule has 0 unspecified atom stereocenters. The van der Waals surface area contributed by atoms with Gasteiger partial charge in [-0.25, -0.2) is 0 Å². The molecule has 0 radical (unpaired) electrons. The molecule has 1 aromatic rings. The molecule has 0 aliphatic rings. The average molecular weight is 286 g/mol. The predicted octanol–water partition coefficient (Wildman–Crippen LogP) is 1.23. The Morgan fingerprint density at radius 3 is 2.68 bits per heavy atom. The summed E-state index contributed by atoms with van der Waals surface area (Å²) in [6.45, 7) is 3.39. The minimum Gasteiger partial charge on any atom is -0.481 e. The van der Waals surface area contributed by atoms with Crippen LogP contribution in [0.15, 0.2) is 6.08 Å². The van der Waals surface area contributed by atoms with E-state index in [9.17, 15) is 9.59 Å². The first-order chi connectivity index (χ1) is 8.82. The van der Waals surface area contributed by atoms with E-state index in [0.29, 0.717) is 10.7 Å². The molecule has 1 atom stereocenters. The van der Waals surface area contributed by atoms with E-state index in [1.54, 1.807) is 20.0 Å². The molecule has 0 spiro atoms. The summed E-state index contributed by atoms with van der Waals surface area (Å²) in [6, 6.07) is 0. The van der Waals surface area contributed by atoms with Gasteiger partial charge >= 0.3 is 5.97 Å². The minimum atomic E-state index is -0.949. The number of amides is 1. The van der Waals surface area contributed by atoms with Gasteiger partial charge in [-0.3, -0.25) is 14.3 Å². The van der Waals surface area contributed by atoms with Crippen LogP contribution in [0, 0.1) is 12.8 Å². The average Bonchev–Trinajstić information content (AvgIpc) is 2.58. The molecule has 1 amide bonds. The quantitative estimate of drug-likeness (QED) is 0.797. The highest BCUT2D eigenvalue weighted by Crippen LogP contribution is 2.19. The van der Waals surface area contributed by atoms with Crippen molar-refractivity contribution >= 4 is 29.6 Å². The van der Waals surface area contributed by atoms with Crippen LogP contribution in [0.1, 0.15) is 18.2 Å². The summed E-state index contributed by atoms with van der Waals surface area (Å²) in [5, 5.41) is 15.7. The molecule has 0 saturated heterocycles. The van der Waals surface area contributed by atoms with Gasteiger partial charge in [-0.1, -0.05) is 18.5 Å². The van der Waals surface area contributed by atoms with Crippen molar-refractivity contribution in [3.63, 3.8) is 0 Å². The predicted molar refractivity (Wildman–Crippen MR) is 71.8 cm³/mol. The SMILES string of the molecule is Cc1nn(C)c(Cl)c1/C=C/C(=O)NC[C@H](C)C(=O)O. The third-order valence-electron chi connectivity index (χ3n) is 2.60. The zero-order valence-corrected chi connectivity index (χ0v) is 11.7. The third-order valence-corrected chi connectivity index (χ3v) is 3.05. The molecule has 0 fully saturated rings. The maximum atomic E-state index is 11.5. The fraction of sp³-hybridized carbons (Fsp3) is 0.417. The fourth-order valence-corrected chi connectivity index (χ4v) is 1.63. The van der Waals surface area contributed by atoms with Crippen molar-refractivity contribution in [3.05, 3.63) is 22.5 Å². The molecule has 6 nitrogen and oxygen atoms in total. The number of aryl methyl sites for hydroxylation is 2. The molecule has 0 aliphatic carbocycles. The molecule has 1 aromatic heterocycles. The number of nitrogens with one attached hydrogen (secondary N) is 1. The number of hydrogen-bond donors (Lipinski definition) is 2. The first kappa shape index (κ1) is 15.2. The second-order valence-electron chi connectivity index (χ2n) is 4.23. The molecule has 19 heavy (non-hydrogen) atoms. The van der Waals surface area contributed by atoms with Crippen LogP contribution in [0.2, 0.25) is 5.15 Å². The fourth-order valence-electron chi connectivity index (χ4n) is 1.39. The zero-order chi connectivity index (χ0) is 14.6. The Morgan fingerprint density at radius 2 is 2.21 bits per heavy atom. The van der Waals surface area contributed by atoms with Crippen LogP contribution in [0.5, 0.6) is 0 Å². The molecular formula is C12H16ClN3O3. The summed E-state index contributed by atoms with van der Waals surface area (Å²) < 4.78 is 1.51. The van der Waals surface area contributed by atoms with E-state index in [2.05, 4.69) is 10.4 Å². The van der Waals surface area contributed by atoms with E-state index >= 15 is 0 Å². The van der Waals surface area contributed by atoms with Gasteiger partial charge in [-0.05, 0) is 13.0 Å². The van der Waals surface area contributed by atoms with Gasteiger partial charge in [0.05, 0.1) is 11.6 Å². The number of aromatic nitrogens is 2. The smallest absolute Gasteiger partial charge is 0.308 e. The Morgan fingerprint density at radius 1 is 1.58 bits per heavy atom. The largest absolute Gasteiger partial charge is 0.481 e. The maximum Gasteiger partial charge on any atom is 0.308 e. The van der Waals surface area contributed by atoms with Gasteiger partial charge in [0.2, 0.25) is 5.91 Å². The van der Waals surface area contributed by atoms with Crippen LogP contribution < -0.4 is 5.32 Å². The molecule has 0 aromatic carbocycles. The van der Waals surface area contributed by atoms with E-state index in [0.717, 1.165) is 5.69 Å². The summed E-state index contributed by atoms with van der Waals surface area (Å²) in [6.07, 6.45) is 2.87. The first-order valence-corrected chi connectivity index (χ1v) is 6.08. The normalized spacial score (nSPS) is 12.6. The van der Waals surface area contributed by atoms with Gasteiger partial charge in [0.1, 0.15) is 5.15 Å². The van der Waals surface area contributed by atoms with E-state index in [1.807, 2.05) is 0 Å². The van der Waals surface area contributed by atoms with E-state index in [-0.39, 0.29) is 12.5 Å².